The largest absolute Gasteiger partial charge is 0.389 e. The van der Waals surface area contributed by atoms with Crippen molar-refractivity contribution in [3.8, 4) is 0 Å². The number of rotatable bonds is 7. The Bertz CT molecular complexity index is 405. The van der Waals surface area contributed by atoms with Gasteiger partial charge in [-0.25, -0.2) is 0 Å². The highest BCUT2D eigenvalue weighted by Crippen LogP contribution is 2.30. The van der Waals surface area contributed by atoms with Gasteiger partial charge in [-0.3, -0.25) is 0 Å². The van der Waals surface area contributed by atoms with Crippen molar-refractivity contribution < 1.29 is 29.2 Å². The van der Waals surface area contributed by atoms with Gasteiger partial charge >= 0.3 is 0 Å². The quantitative estimate of drug-likeness (QED) is 0.496. The highest BCUT2D eigenvalue weighted by molar-refractivity contribution is 4.95. The lowest BCUT2D eigenvalue weighted by molar-refractivity contribution is -0.769. The van der Waals surface area contributed by atoms with Crippen LogP contribution in [0.1, 0.15) is 19.3 Å². The van der Waals surface area contributed by atoms with E-state index in [1.807, 2.05) is 0 Å². The normalized spacial score (nSPS) is 35.9. The van der Waals surface area contributed by atoms with Gasteiger partial charge in [-0.1, -0.05) is 6.42 Å². The van der Waals surface area contributed by atoms with Crippen LogP contribution < -0.4 is 0 Å². The topological polar surface area (TPSA) is 104 Å². The fourth-order valence-electron chi connectivity index (χ4n) is 3.50. The first-order chi connectivity index (χ1) is 11.1. The molecule has 0 aliphatic carbocycles. The first-order valence-corrected chi connectivity index (χ1v) is 8.20. The van der Waals surface area contributed by atoms with Crippen LogP contribution in [0.15, 0.2) is 0 Å². The van der Waals surface area contributed by atoms with Crippen LogP contribution in [0.25, 0.3) is 0 Å². The molecule has 0 saturated carbocycles. The average molecular weight is 332 g/mol. The number of β-amino-alcohol motifs (C(OH)–C–C–N with tert-alkyl or cyclic N) is 1. The molecule has 0 bridgehead atoms. The van der Waals surface area contributed by atoms with Crippen LogP contribution in [0, 0.1) is 10.1 Å². The zero-order chi connectivity index (χ0) is 16.2. The second-order valence-electron chi connectivity index (χ2n) is 6.35. The van der Waals surface area contributed by atoms with E-state index < -0.39 is 23.4 Å². The molecule has 5 atom stereocenters. The Kier molecular flexibility index (Phi) is 5.65. The summed E-state index contributed by atoms with van der Waals surface area (Å²) < 4.78 is 16.7. The lowest BCUT2D eigenvalue weighted by Crippen LogP contribution is -2.40. The van der Waals surface area contributed by atoms with Crippen molar-refractivity contribution in [3.63, 3.8) is 0 Å². The van der Waals surface area contributed by atoms with E-state index in [1.165, 1.54) is 19.3 Å². The Morgan fingerprint density at radius 1 is 1.17 bits per heavy atom. The predicted octanol–water partition coefficient (Wildman–Crippen LogP) is -0.407. The maximum absolute atomic E-state index is 10.4. The van der Waals surface area contributed by atoms with Crippen molar-refractivity contribution in [2.75, 3.05) is 39.5 Å². The highest BCUT2D eigenvalue weighted by Gasteiger charge is 2.50. The van der Waals surface area contributed by atoms with Crippen molar-refractivity contribution in [2.45, 2.75) is 49.8 Å². The first kappa shape index (κ1) is 16.8. The van der Waals surface area contributed by atoms with Crippen molar-refractivity contribution in [2.24, 2.45) is 0 Å². The molecule has 9 nitrogen and oxygen atoms in total. The van der Waals surface area contributed by atoms with Gasteiger partial charge < -0.3 is 29.1 Å². The molecule has 0 spiro atoms. The molecule has 0 amide bonds. The van der Waals surface area contributed by atoms with E-state index in [2.05, 4.69) is 9.74 Å². The molecule has 0 aromatic carbocycles. The minimum absolute atomic E-state index is 0.118. The molecule has 1 unspecified atom stereocenters. The standard InChI is InChI=1S/C14H24N2O7/c17-10(6-15-4-2-1-3-5-15)7-20-11-8-21-14-12(23-16(18)19)9-22-13(11)14/h10-14,17H,1-9H2/t10?,11-,12+,13+,14+/m0/s1. The Labute approximate surface area is 134 Å². The molecule has 23 heavy (non-hydrogen) atoms. The summed E-state index contributed by atoms with van der Waals surface area (Å²) in [5.74, 6) is 0. The zero-order valence-corrected chi connectivity index (χ0v) is 13.0. The summed E-state index contributed by atoms with van der Waals surface area (Å²) in [6.45, 7) is 3.28. The Hall–Kier alpha value is -1.00. The molecule has 3 heterocycles. The van der Waals surface area contributed by atoms with Crippen LogP contribution in [-0.4, -0.2) is 85.1 Å². The second kappa shape index (κ2) is 7.71. The number of likely N-dealkylation sites (tertiary alicyclic amines) is 1. The van der Waals surface area contributed by atoms with E-state index in [9.17, 15) is 15.2 Å². The summed E-state index contributed by atoms with van der Waals surface area (Å²) in [5, 5.41) is 19.7. The molecule has 3 fully saturated rings. The molecular weight excluding hydrogens is 308 g/mol. The number of aliphatic hydroxyl groups is 1. The molecule has 0 radical (unpaired) electrons. The lowest BCUT2D eigenvalue weighted by atomic mass is 10.1. The fraction of sp³-hybridized carbons (Fsp3) is 1.00. The molecule has 0 aromatic heterocycles. The maximum Gasteiger partial charge on any atom is 0.294 e. The van der Waals surface area contributed by atoms with Gasteiger partial charge in [0.2, 0.25) is 0 Å². The molecule has 0 aromatic rings. The van der Waals surface area contributed by atoms with Crippen LogP contribution in [-0.2, 0) is 19.0 Å². The molecule has 9 heteroatoms. The van der Waals surface area contributed by atoms with Crippen molar-refractivity contribution in [1.29, 1.82) is 0 Å². The van der Waals surface area contributed by atoms with E-state index in [4.69, 9.17) is 14.2 Å². The third-order valence-corrected chi connectivity index (χ3v) is 4.60. The summed E-state index contributed by atoms with van der Waals surface area (Å²) in [6.07, 6.45) is 1.18. The molecule has 132 valence electrons. The van der Waals surface area contributed by atoms with Crippen LogP contribution in [0.3, 0.4) is 0 Å². The molecular formula is C14H24N2O7. The zero-order valence-electron chi connectivity index (χ0n) is 13.0. The third kappa shape index (κ3) is 4.30. The number of fused-ring (bicyclic) bond motifs is 1. The summed E-state index contributed by atoms with van der Waals surface area (Å²) >= 11 is 0. The Morgan fingerprint density at radius 2 is 1.83 bits per heavy atom. The maximum atomic E-state index is 10.4. The number of hydrogen-bond donors (Lipinski definition) is 1. The number of aliphatic hydroxyl groups excluding tert-OH is 1. The van der Waals surface area contributed by atoms with Gasteiger partial charge in [-0.05, 0) is 25.9 Å². The summed E-state index contributed by atoms with van der Waals surface area (Å²) in [4.78, 5) is 17.2. The second-order valence-corrected chi connectivity index (χ2v) is 6.35. The van der Waals surface area contributed by atoms with Crippen LogP contribution in [0.4, 0.5) is 0 Å². The highest BCUT2D eigenvalue weighted by atomic mass is 17.0. The van der Waals surface area contributed by atoms with Gasteiger partial charge in [0.15, 0.2) is 6.10 Å². The smallest absolute Gasteiger partial charge is 0.294 e. The minimum Gasteiger partial charge on any atom is -0.389 e. The molecule has 3 saturated heterocycles. The molecule has 3 aliphatic rings. The van der Waals surface area contributed by atoms with Crippen molar-refractivity contribution in [3.05, 3.63) is 10.1 Å². The van der Waals surface area contributed by atoms with Gasteiger partial charge in [-0.2, -0.15) is 0 Å². The number of nitrogens with zero attached hydrogens (tertiary/aromatic N) is 2. The predicted molar refractivity (Wildman–Crippen MR) is 77.4 cm³/mol. The third-order valence-electron chi connectivity index (χ3n) is 4.60. The first-order valence-electron chi connectivity index (χ1n) is 8.20. The van der Waals surface area contributed by atoms with E-state index in [0.717, 1.165) is 13.1 Å². The summed E-state index contributed by atoms with van der Waals surface area (Å²) in [6, 6.07) is 0. The van der Waals surface area contributed by atoms with Crippen LogP contribution in [0.2, 0.25) is 0 Å². The van der Waals surface area contributed by atoms with Gasteiger partial charge in [0.25, 0.3) is 5.09 Å². The summed E-state index contributed by atoms with van der Waals surface area (Å²) in [5.41, 5.74) is 0. The van der Waals surface area contributed by atoms with Crippen molar-refractivity contribution >= 4 is 0 Å². The summed E-state index contributed by atoms with van der Waals surface area (Å²) in [7, 11) is 0. The SMILES string of the molecule is O=[N+]([O-])O[C@@H]1CO[C@H]2[C@@H]1OC[C@@H]2OCC(O)CN1CCCCC1. The van der Waals surface area contributed by atoms with E-state index in [-0.39, 0.29) is 25.4 Å². The Balaban J connectivity index is 1.40. The van der Waals surface area contributed by atoms with Gasteiger partial charge in [0.1, 0.15) is 18.3 Å². The van der Waals surface area contributed by atoms with Crippen molar-refractivity contribution in [1.82, 2.24) is 4.90 Å². The average Bonchev–Trinajstić information content (AvgIpc) is 3.09. The van der Waals surface area contributed by atoms with Crippen LogP contribution in [0.5, 0.6) is 0 Å². The lowest BCUT2D eigenvalue weighted by Gasteiger charge is -2.29. The number of piperidine rings is 1. The fourth-order valence-corrected chi connectivity index (χ4v) is 3.50. The number of hydrogen-bond acceptors (Lipinski definition) is 8. The van der Waals surface area contributed by atoms with E-state index in [0.29, 0.717) is 13.2 Å². The van der Waals surface area contributed by atoms with Gasteiger partial charge in [0.05, 0.1) is 25.9 Å². The van der Waals surface area contributed by atoms with Gasteiger partial charge in [-0.15, -0.1) is 10.1 Å². The number of ether oxygens (including phenoxy) is 3. The van der Waals surface area contributed by atoms with E-state index in [1.54, 1.807) is 0 Å². The van der Waals surface area contributed by atoms with Gasteiger partial charge in [0, 0.05) is 6.54 Å². The molecule has 3 aliphatic heterocycles. The minimum atomic E-state index is -0.823. The monoisotopic (exact) mass is 332 g/mol. The van der Waals surface area contributed by atoms with Crippen LogP contribution >= 0.6 is 0 Å². The molecule has 1 N–H and O–H groups in total. The molecule has 3 rings (SSSR count). The van der Waals surface area contributed by atoms with E-state index >= 15 is 0 Å². The Morgan fingerprint density at radius 3 is 2.52 bits per heavy atom.